The second-order valence-corrected chi connectivity index (χ2v) is 6.76. The van der Waals surface area contributed by atoms with E-state index in [2.05, 4.69) is 29.4 Å². The predicted octanol–water partition coefficient (Wildman–Crippen LogP) is 3.96. The third-order valence-electron chi connectivity index (χ3n) is 4.84. The molecule has 0 radical (unpaired) electrons. The van der Waals surface area contributed by atoms with Crippen molar-refractivity contribution < 1.29 is 9.18 Å². The van der Waals surface area contributed by atoms with Crippen LogP contribution in [0.4, 0.5) is 10.1 Å². The lowest BCUT2D eigenvalue weighted by molar-refractivity contribution is -0.122. The van der Waals surface area contributed by atoms with Crippen molar-refractivity contribution in [3.8, 4) is 0 Å². The summed E-state index contributed by atoms with van der Waals surface area (Å²) in [4.78, 5) is 14.4. The number of carbonyl (C=O) groups is 1. The van der Waals surface area contributed by atoms with Crippen molar-refractivity contribution in [2.24, 2.45) is 5.92 Å². The normalized spacial score (nSPS) is 18.6. The highest BCUT2D eigenvalue weighted by atomic mass is 19.1. The van der Waals surface area contributed by atoms with E-state index in [1.807, 2.05) is 18.2 Å². The molecule has 1 fully saturated rings. The van der Waals surface area contributed by atoms with E-state index in [0.29, 0.717) is 6.54 Å². The van der Waals surface area contributed by atoms with Gasteiger partial charge in [-0.1, -0.05) is 30.3 Å². The molecule has 0 aliphatic heterocycles. The van der Waals surface area contributed by atoms with Crippen LogP contribution in [0.25, 0.3) is 0 Å². The van der Waals surface area contributed by atoms with E-state index in [1.165, 1.54) is 17.8 Å². The zero-order valence-corrected chi connectivity index (χ0v) is 14.6. The lowest BCUT2D eigenvalue weighted by atomic mass is 10.1. The second-order valence-electron chi connectivity index (χ2n) is 6.76. The molecule has 3 nitrogen and oxygen atoms in total. The maximum absolute atomic E-state index is 12.9. The number of anilines is 1. The summed E-state index contributed by atoms with van der Waals surface area (Å²) in [6.07, 6.45) is 2.88. The predicted molar refractivity (Wildman–Crippen MR) is 99.2 cm³/mol. The van der Waals surface area contributed by atoms with Gasteiger partial charge in [0.25, 0.3) is 0 Å². The maximum atomic E-state index is 12.9. The molecule has 1 aliphatic carbocycles. The lowest BCUT2D eigenvalue weighted by Gasteiger charge is -2.19. The Kier molecular flexibility index (Phi) is 5.69. The van der Waals surface area contributed by atoms with Crippen molar-refractivity contribution in [1.29, 1.82) is 0 Å². The fourth-order valence-electron chi connectivity index (χ4n) is 3.19. The van der Waals surface area contributed by atoms with Crippen LogP contribution in [0.1, 0.15) is 30.7 Å². The van der Waals surface area contributed by atoms with Crippen molar-refractivity contribution in [3.05, 3.63) is 66.0 Å². The van der Waals surface area contributed by atoms with Gasteiger partial charge in [-0.3, -0.25) is 4.79 Å². The minimum absolute atomic E-state index is 0.0532. The van der Waals surface area contributed by atoms with Gasteiger partial charge in [0.05, 0.1) is 0 Å². The number of unbranched alkanes of at least 4 members (excludes halogenated alkanes) is 1. The van der Waals surface area contributed by atoms with Gasteiger partial charge in [-0.25, -0.2) is 4.39 Å². The number of halogens is 1. The molecule has 1 amide bonds. The molecule has 1 saturated carbocycles. The third kappa shape index (κ3) is 4.81. The number of hydrogen-bond acceptors (Lipinski definition) is 2. The Hall–Kier alpha value is -2.36. The molecule has 1 aliphatic rings. The Balaban J connectivity index is 1.32. The molecule has 3 rings (SSSR count). The average molecular weight is 340 g/mol. The van der Waals surface area contributed by atoms with Gasteiger partial charge in [-0.05, 0) is 55.0 Å². The molecule has 1 N–H and O–H groups in total. The molecule has 2 aromatic carbocycles. The van der Waals surface area contributed by atoms with Gasteiger partial charge in [0.1, 0.15) is 5.82 Å². The number of hydrogen-bond donors (Lipinski definition) is 1. The first kappa shape index (κ1) is 17.5. The van der Waals surface area contributed by atoms with Gasteiger partial charge >= 0.3 is 0 Å². The van der Waals surface area contributed by atoms with Crippen LogP contribution in [0.2, 0.25) is 0 Å². The van der Waals surface area contributed by atoms with Crippen LogP contribution in [0.15, 0.2) is 54.6 Å². The van der Waals surface area contributed by atoms with Crippen molar-refractivity contribution in [2.45, 2.75) is 25.2 Å². The SMILES string of the molecule is CN(CCCCNC(=O)C1CC1c1ccc(F)cc1)c1ccccc1. The van der Waals surface area contributed by atoms with Crippen LogP contribution in [0, 0.1) is 11.7 Å². The molecule has 4 heteroatoms. The van der Waals surface area contributed by atoms with E-state index in [4.69, 9.17) is 0 Å². The molecule has 0 aromatic heterocycles. The molecule has 0 bridgehead atoms. The van der Waals surface area contributed by atoms with E-state index < -0.39 is 0 Å². The van der Waals surface area contributed by atoms with Crippen LogP contribution >= 0.6 is 0 Å². The number of nitrogens with zero attached hydrogens (tertiary/aromatic N) is 1. The number of benzene rings is 2. The summed E-state index contributed by atoms with van der Waals surface area (Å²) < 4.78 is 12.9. The topological polar surface area (TPSA) is 32.3 Å². The Labute approximate surface area is 148 Å². The molecule has 0 heterocycles. The summed E-state index contributed by atoms with van der Waals surface area (Å²) in [6.45, 7) is 1.69. The Morgan fingerprint density at radius 3 is 2.56 bits per heavy atom. The maximum Gasteiger partial charge on any atom is 0.223 e. The fourth-order valence-corrected chi connectivity index (χ4v) is 3.19. The largest absolute Gasteiger partial charge is 0.375 e. The summed E-state index contributed by atoms with van der Waals surface area (Å²) >= 11 is 0. The molecular weight excluding hydrogens is 315 g/mol. The van der Waals surface area contributed by atoms with Crippen molar-refractivity contribution in [2.75, 3.05) is 25.0 Å². The molecule has 0 spiro atoms. The Morgan fingerprint density at radius 2 is 1.84 bits per heavy atom. The fraction of sp³-hybridized carbons (Fsp3) is 0.381. The van der Waals surface area contributed by atoms with Crippen molar-refractivity contribution in [1.82, 2.24) is 5.32 Å². The van der Waals surface area contributed by atoms with Crippen LogP contribution in [0.3, 0.4) is 0 Å². The molecular formula is C21H25FN2O. The first-order chi connectivity index (χ1) is 12.1. The van der Waals surface area contributed by atoms with Gasteiger partial charge in [0, 0.05) is 31.7 Å². The Morgan fingerprint density at radius 1 is 1.12 bits per heavy atom. The van der Waals surface area contributed by atoms with E-state index in [9.17, 15) is 9.18 Å². The highest BCUT2D eigenvalue weighted by Crippen LogP contribution is 2.47. The molecule has 0 saturated heterocycles. The van der Waals surface area contributed by atoms with Gasteiger partial charge in [-0.15, -0.1) is 0 Å². The highest BCUT2D eigenvalue weighted by molar-refractivity contribution is 5.82. The van der Waals surface area contributed by atoms with Gasteiger partial charge in [-0.2, -0.15) is 0 Å². The summed E-state index contributed by atoms with van der Waals surface area (Å²) in [5.74, 6) is 0.207. The molecule has 132 valence electrons. The van der Waals surface area contributed by atoms with Gasteiger partial charge < -0.3 is 10.2 Å². The third-order valence-corrected chi connectivity index (χ3v) is 4.84. The monoisotopic (exact) mass is 340 g/mol. The van der Waals surface area contributed by atoms with E-state index in [1.54, 1.807) is 12.1 Å². The van der Waals surface area contributed by atoms with E-state index >= 15 is 0 Å². The molecule has 2 atom stereocenters. The van der Waals surface area contributed by atoms with Crippen LogP contribution in [0.5, 0.6) is 0 Å². The van der Waals surface area contributed by atoms with E-state index in [0.717, 1.165) is 31.4 Å². The van der Waals surface area contributed by atoms with Gasteiger partial charge in [0.15, 0.2) is 0 Å². The number of nitrogens with one attached hydrogen (secondary N) is 1. The summed E-state index contributed by atoms with van der Waals surface area (Å²) in [6, 6.07) is 16.8. The number of carbonyl (C=O) groups excluding carboxylic acids is 1. The Bertz CT molecular complexity index is 687. The van der Waals surface area contributed by atoms with Crippen LogP contribution in [-0.2, 0) is 4.79 Å². The van der Waals surface area contributed by atoms with Gasteiger partial charge in [0.2, 0.25) is 5.91 Å². The highest BCUT2D eigenvalue weighted by Gasteiger charge is 2.43. The number of rotatable bonds is 8. The smallest absolute Gasteiger partial charge is 0.223 e. The first-order valence-corrected chi connectivity index (χ1v) is 8.94. The molecule has 2 unspecified atom stereocenters. The van der Waals surface area contributed by atoms with E-state index in [-0.39, 0.29) is 23.6 Å². The summed E-state index contributed by atoms with van der Waals surface area (Å²) in [5.41, 5.74) is 2.28. The minimum atomic E-state index is -0.231. The number of para-hydroxylation sites is 1. The molecule has 2 aromatic rings. The second kappa shape index (κ2) is 8.15. The first-order valence-electron chi connectivity index (χ1n) is 8.94. The number of amides is 1. The van der Waals surface area contributed by atoms with Crippen LogP contribution < -0.4 is 10.2 Å². The zero-order valence-electron chi connectivity index (χ0n) is 14.6. The standard InChI is InChI=1S/C21H25FN2O/c1-24(18-7-3-2-4-8-18)14-6-5-13-23-21(25)20-15-19(20)16-9-11-17(22)12-10-16/h2-4,7-12,19-20H,5-6,13-15H2,1H3,(H,23,25). The lowest BCUT2D eigenvalue weighted by Crippen LogP contribution is -2.27. The van der Waals surface area contributed by atoms with Crippen molar-refractivity contribution in [3.63, 3.8) is 0 Å². The quantitative estimate of drug-likeness (QED) is 0.738. The van der Waals surface area contributed by atoms with Crippen LogP contribution in [-0.4, -0.2) is 26.0 Å². The summed E-state index contributed by atoms with van der Waals surface area (Å²) in [7, 11) is 2.09. The zero-order chi connectivity index (χ0) is 17.6. The average Bonchev–Trinajstić information content (AvgIpc) is 3.43. The summed E-state index contributed by atoms with van der Waals surface area (Å²) in [5, 5.41) is 3.04. The van der Waals surface area contributed by atoms with Crippen molar-refractivity contribution >= 4 is 11.6 Å². The minimum Gasteiger partial charge on any atom is -0.375 e. The molecule has 25 heavy (non-hydrogen) atoms.